The van der Waals surface area contributed by atoms with Gasteiger partial charge in [0.05, 0.1) is 19.2 Å². The number of anilines is 1. The van der Waals surface area contributed by atoms with Crippen LogP contribution in [-0.2, 0) is 16.1 Å². The predicted octanol–water partition coefficient (Wildman–Crippen LogP) is 3.16. The highest BCUT2D eigenvalue weighted by Gasteiger charge is 2.09. The van der Waals surface area contributed by atoms with E-state index in [1.165, 1.54) is 7.11 Å². The van der Waals surface area contributed by atoms with Crippen LogP contribution < -0.4 is 10.6 Å². The maximum Gasteiger partial charge on any atom is 0.337 e. The fourth-order valence-electron chi connectivity index (χ4n) is 2.10. The number of esters is 1. The Bertz CT molecular complexity index is 730. The van der Waals surface area contributed by atoms with Crippen molar-refractivity contribution < 1.29 is 14.3 Å². The summed E-state index contributed by atoms with van der Waals surface area (Å²) in [5.41, 5.74) is 3.07. The highest BCUT2D eigenvalue weighted by atomic mass is 35.5. The molecule has 0 aliphatic carbocycles. The van der Waals surface area contributed by atoms with Crippen LogP contribution in [0.1, 0.15) is 21.5 Å². The highest BCUT2D eigenvalue weighted by Crippen LogP contribution is 2.17. The van der Waals surface area contributed by atoms with Gasteiger partial charge in [-0.25, -0.2) is 4.79 Å². The zero-order valence-corrected chi connectivity index (χ0v) is 14.3. The van der Waals surface area contributed by atoms with E-state index < -0.39 is 5.97 Å². The normalized spacial score (nSPS) is 10.1. The van der Waals surface area contributed by atoms with Crippen LogP contribution in [-0.4, -0.2) is 25.5 Å². The molecule has 0 bridgehead atoms. The van der Waals surface area contributed by atoms with Crippen LogP contribution in [0.25, 0.3) is 0 Å². The van der Waals surface area contributed by atoms with E-state index in [9.17, 15) is 9.59 Å². The molecule has 0 spiro atoms. The Balaban J connectivity index is 1.89. The molecule has 0 saturated carbocycles. The Morgan fingerprint density at radius 3 is 2.50 bits per heavy atom. The number of hydrogen-bond donors (Lipinski definition) is 2. The second-order valence-corrected chi connectivity index (χ2v) is 5.71. The average Bonchev–Trinajstić information content (AvgIpc) is 2.59. The minimum atomic E-state index is -0.412. The second kappa shape index (κ2) is 8.36. The lowest BCUT2D eigenvalue weighted by Gasteiger charge is -2.11. The van der Waals surface area contributed by atoms with Crippen molar-refractivity contribution in [2.24, 2.45) is 0 Å². The van der Waals surface area contributed by atoms with Crippen molar-refractivity contribution in [2.45, 2.75) is 13.5 Å². The number of carbonyl (C=O) groups is 2. The predicted molar refractivity (Wildman–Crippen MR) is 94.3 cm³/mol. The molecule has 6 heteroatoms. The lowest BCUT2D eigenvalue weighted by Crippen LogP contribution is -2.29. The SMILES string of the molecule is COC(=O)c1ccc(C)c(NCC(=O)NCc2ccc(Cl)cc2)c1. The minimum Gasteiger partial charge on any atom is -0.465 e. The van der Waals surface area contributed by atoms with Crippen LogP contribution in [0, 0.1) is 6.92 Å². The third kappa shape index (κ3) is 4.99. The molecule has 2 aromatic carbocycles. The van der Waals surface area contributed by atoms with Gasteiger partial charge in [-0.2, -0.15) is 0 Å². The third-order valence-corrected chi connectivity index (χ3v) is 3.75. The summed E-state index contributed by atoms with van der Waals surface area (Å²) in [6, 6.07) is 12.5. The van der Waals surface area contributed by atoms with Crippen LogP contribution in [0.15, 0.2) is 42.5 Å². The van der Waals surface area contributed by atoms with E-state index in [2.05, 4.69) is 10.6 Å². The summed E-state index contributed by atoms with van der Waals surface area (Å²) in [6.07, 6.45) is 0. The molecule has 1 amide bonds. The molecule has 0 unspecified atom stereocenters. The Hall–Kier alpha value is -2.53. The molecule has 0 aliphatic rings. The number of rotatable bonds is 6. The standard InChI is InChI=1S/C18H19ClN2O3/c1-12-3-6-14(18(23)24-2)9-16(12)20-11-17(22)21-10-13-4-7-15(19)8-5-13/h3-9,20H,10-11H2,1-2H3,(H,21,22). The molecule has 0 heterocycles. The smallest absolute Gasteiger partial charge is 0.337 e. The molecule has 0 aliphatic heterocycles. The van der Waals surface area contributed by atoms with E-state index in [1.807, 2.05) is 19.1 Å². The molecule has 2 aromatic rings. The maximum absolute atomic E-state index is 12.0. The van der Waals surface area contributed by atoms with E-state index in [4.69, 9.17) is 16.3 Å². The zero-order valence-electron chi connectivity index (χ0n) is 13.6. The van der Waals surface area contributed by atoms with Crippen molar-refractivity contribution >= 4 is 29.2 Å². The monoisotopic (exact) mass is 346 g/mol. The lowest BCUT2D eigenvalue weighted by atomic mass is 10.1. The molecule has 0 fully saturated rings. The van der Waals surface area contributed by atoms with Crippen LogP contribution >= 0.6 is 11.6 Å². The zero-order chi connectivity index (χ0) is 17.5. The fourth-order valence-corrected chi connectivity index (χ4v) is 2.22. The fraction of sp³-hybridized carbons (Fsp3) is 0.222. The Morgan fingerprint density at radius 1 is 1.12 bits per heavy atom. The summed E-state index contributed by atoms with van der Waals surface area (Å²) >= 11 is 5.82. The van der Waals surface area contributed by atoms with E-state index in [0.29, 0.717) is 17.1 Å². The molecule has 126 valence electrons. The van der Waals surface area contributed by atoms with Gasteiger partial charge in [-0.3, -0.25) is 4.79 Å². The van der Waals surface area contributed by atoms with Gasteiger partial charge in [0.2, 0.25) is 5.91 Å². The van der Waals surface area contributed by atoms with E-state index in [1.54, 1.807) is 30.3 Å². The van der Waals surface area contributed by atoms with Crippen molar-refractivity contribution in [1.29, 1.82) is 0 Å². The quantitative estimate of drug-likeness (QED) is 0.788. The lowest BCUT2D eigenvalue weighted by molar-refractivity contribution is -0.119. The number of amides is 1. The van der Waals surface area contributed by atoms with Gasteiger partial charge in [-0.05, 0) is 42.3 Å². The summed E-state index contributed by atoms with van der Waals surface area (Å²) in [5, 5.41) is 6.52. The van der Waals surface area contributed by atoms with Crippen molar-refractivity contribution in [3.63, 3.8) is 0 Å². The van der Waals surface area contributed by atoms with E-state index in [-0.39, 0.29) is 12.5 Å². The first kappa shape index (κ1) is 17.8. The van der Waals surface area contributed by atoms with Gasteiger partial charge < -0.3 is 15.4 Å². The molecule has 0 atom stereocenters. The molecule has 0 saturated heterocycles. The number of aryl methyl sites for hydroxylation is 1. The van der Waals surface area contributed by atoms with Crippen molar-refractivity contribution in [3.05, 3.63) is 64.2 Å². The molecule has 2 rings (SSSR count). The summed E-state index contributed by atoms with van der Waals surface area (Å²) in [7, 11) is 1.33. The van der Waals surface area contributed by atoms with Gasteiger partial charge in [0.15, 0.2) is 0 Å². The summed E-state index contributed by atoms with van der Waals surface area (Å²) < 4.78 is 4.70. The Labute approximate surface area is 146 Å². The molecule has 0 aromatic heterocycles. The number of methoxy groups -OCH3 is 1. The number of carbonyl (C=O) groups excluding carboxylic acids is 2. The van der Waals surface area contributed by atoms with Gasteiger partial charge in [-0.1, -0.05) is 29.8 Å². The summed E-state index contributed by atoms with van der Waals surface area (Å²) in [6.45, 7) is 2.44. The first-order valence-corrected chi connectivity index (χ1v) is 7.81. The summed E-state index contributed by atoms with van der Waals surface area (Å²) in [5.74, 6) is -0.557. The van der Waals surface area contributed by atoms with Crippen LogP contribution in [0.2, 0.25) is 5.02 Å². The number of nitrogens with one attached hydrogen (secondary N) is 2. The highest BCUT2D eigenvalue weighted by molar-refractivity contribution is 6.30. The van der Waals surface area contributed by atoms with Crippen molar-refractivity contribution in [1.82, 2.24) is 5.32 Å². The Kier molecular flexibility index (Phi) is 6.21. The first-order valence-electron chi connectivity index (χ1n) is 7.43. The molecule has 5 nitrogen and oxygen atoms in total. The molecule has 0 radical (unpaired) electrons. The molecular weight excluding hydrogens is 328 g/mol. The maximum atomic E-state index is 12.0. The van der Waals surface area contributed by atoms with Crippen molar-refractivity contribution in [3.8, 4) is 0 Å². The number of benzene rings is 2. The number of hydrogen-bond acceptors (Lipinski definition) is 4. The average molecular weight is 347 g/mol. The van der Waals surface area contributed by atoms with Crippen LogP contribution in [0.3, 0.4) is 0 Å². The van der Waals surface area contributed by atoms with E-state index in [0.717, 1.165) is 16.8 Å². The van der Waals surface area contributed by atoms with Crippen LogP contribution in [0.4, 0.5) is 5.69 Å². The molecular formula is C18H19ClN2O3. The van der Waals surface area contributed by atoms with Crippen LogP contribution in [0.5, 0.6) is 0 Å². The van der Waals surface area contributed by atoms with Gasteiger partial charge in [-0.15, -0.1) is 0 Å². The Morgan fingerprint density at radius 2 is 1.83 bits per heavy atom. The van der Waals surface area contributed by atoms with Gasteiger partial charge in [0.25, 0.3) is 0 Å². The number of ether oxygens (including phenoxy) is 1. The number of halogens is 1. The molecule has 2 N–H and O–H groups in total. The third-order valence-electron chi connectivity index (χ3n) is 3.50. The minimum absolute atomic E-state index is 0.110. The second-order valence-electron chi connectivity index (χ2n) is 5.28. The van der Waals surface area contributed by atoms with Gasteiger partial charge in [0.1, 0.15) is 0 Å². The summed E-state index contributed by atoms with van der Waals surface area (Å²) in [4.78, 5) is 23.5. The largest absolute Gasteiger partial charge is 0.465 e. The van der Waals surface area contributed by atoms with Gasteiger partial charge in [0, 0.05) is 17.3 Å². The molecule has 24 heavy (non-hydrogen) atoms. The van der Waals surface area contributed by atoms with Crippen molar-refractivity contribution in [2.75, 3.05) is 19.0 Å². The van der Waals surface area contributed by atoms with E-state index >= 15 is 0 Å². The first-order chi connectivity index (χ1) is 11.5. The van der Waals surface area contributed by atoms with Gasteiger partial charge >= 0.3 is 5.97 Å². The topological polar surface area (TPSA) is 67.4 Å².